The normalized spacial score (nSPS) is 21.5. The third-order valence-corrected chi connectivity index (χ3v) is 14.1. The van der Waals surface area contributed by atoms with E-state index in [1.807, 2.05) is 12.1 Å². The highest BCUT2D eigenvalue weighted by molar-refractivity contribution is 5.71. The molecule has 6 aromatic rings. The molecule has 0 spiro atoms. The second-order valence-electron chi connectivity index (χ2n) is 18.5. The summed E-state index contributed by atoms with van der Waals surface area (Å²) >= 11 is 0. The lowest BCUT2D eigenvalue weighted by atomic mass is 9.77. The van der Waals surface area contributed by atoms with Crippen LogP contribution in [0.15, 0.2) is 103 Å². The van der Waals surface area contributed by atoms with Crippen LogP contribution in [0.25, 0.3) is 0 Å². The molecule has 0 saturated heterocycles. The molecule has 0 bridgehead atoms. The van der Waals surface area contributed by atoms with Gasteiger partial charge in [-0.3, -0.25) is 14.4 Å². The van der Waals surface area contributed by atoms with E-state index in [1.165, 1.54) is 63.4 Å². The molecule has 3 aliphatic rings. The van der Waals surface area contributed by atoms with Crippen molar-refractivity contribution in [3.63, 3.8) is 0 Å². The molecule has 9 rings (SSSR count). The summed E-state index contributed by atoms with van der Waals surface area (Å²) in [7, 11) is 13.6. The first-order chi connectivity index (χ1) is 38.2. The third-order valence-electron chi connectivity index (χ3n) is 14.1. The van der Waals surface area contributed by atoms with Crippen LogP contribution in [0.3, 0.4) is 0 Å². The first-order valence-corrected chi connectivity index (χ1v) is 25.1. The van der Waals surface area contributed by atoms with Gasteiger partial charge in [0.05, 0.1) is 69.9 Å². The molecule has 19 heteroatoms. The van der Waals surface area contributed by atoms with Crippen LogP contribution in [-0.2, 0) is 33.3 Å². The standard InChI is InChI=1S/C60H62O19/c1-30(61)73-57-45(39-25-27-43(67-7)55(70-10)50(39)76-46(57)33-13-19-36(64-4)20-14-33)41-29-42-53(58(72-12)49(41)69-9)78-48(35-17-23-38(66-6)24-18-35)60(75-32(3)63)54(42)79-52-40-26-28-44(68-8)56(71-11)51(40)77-47(59(52)74-31(2)62)34-15-21-37(65-5)22-16-34/h13-29,45-48,52,54,57,59-60H,1-12H3/t45-,46-,47-,48-,52+,54-,57-,59+,60+/m1/s1. The van der Waals surface area contributed by atoms with E-state index in [2.05, 4.69) is 0 Å². The van der Waals surface area contributed by atoms with E-state index in [1.54, 1.807) is 112 Å². The quantitative estimate of drug-likeness (QED) is 0.0581. The van der Waals surface area contributed by atoms with E-state index in [4.69, 9.17) is 75.8 Å². The highest BCUT2D eigenvalue weighted by atomic mass is 16.6. The van der Waals surface area contributed by atoms with Gasteiger partial charge < -0.3 is 75.8 Å². The van der Waals surface area contributed by atoms with Crippen LogP contribution in [0.4, 0.5) is 0 Å². The highest BCUT2D eigenvalue weighted by Crippen LogP contribution is 2.61. The largest absolute Gasteiger partial charge is 0.497 e. The summed E-state index contributed by atoms with van der Waals surface area (Å²) in [5, 5.41) is 0. The van der Waals surface area contributed by atoms with E-state index < -0.39 is 72.7 Å². The van der Waals surface area contributed by atoms with Gasteiger partial charge in [-0.15, -0.1) is 0 Å². The zero-order valence-electron chi connectivity index (χ0n) is 45.8. The number of fused-ring (bicyclic) bond motifs is 3. The van der Waals surface area contributed by atoms with Gasteiger partial charge in [-0.2, -0.15) is 0 Å². The van der Waals surface area contributed by atoms with Crippen LogP contribution in [0.5, 0.6) is 69.0 Å². The lowest BCUT2D eigenvalue weighted by Gasteiger charge is -2.45. The van der Waals surface area contributed by atoms with E-state index in [9.17, 15) is 14.4 Å². The number of hydrogen-bond acceptors (Lipinski definition) is 19. The molecule has 6 aromatic carbocycles. The van der Waals surface area contributed by atoms with E-state index in [-0.39, 0.29) is 45.8 Å². The van der Waals surface area contributed by atoms with Crippen molar-refractivity contribution >= 4 is 17.9 Å². The van der Waals surface area contributed by atoms with Crippen LogP contribution in [0.2, 0.25) is 0 Å². The molecule has 19 nitrogen and oxygen atoms in total. The van der Waals surface area contributed by atoms with E-state index >= 15 is 0 Å². The molecule has 0 unspecified atom stereocenters. The SMILES string of the molecule is COc1ccc([C@H]2Oc3c(cc([C@H]4c5ccc(OC)c(OC)c5O[C@H](c5ccc(OC)cc5)[C@@H]4OC(C)=O)c(OC)c3OC)[C@@H](O[C@H]3c4ccc(OC)c(OC)c4O[C@H](c4ccc(OC)cc4)[C@@H]3OC(C)=O)[C@H]2OC(C)=O)cc1. The molecule has 0 saturated carbocycles. The Kier molecular flexibility index (Phi) is 16.4. The molecule has 9 atom stereocenters. The minimum atomic E-state index is -1.34. The molecule has 0 fully saturated rings. The molecular weight excluding hydrogens is 1020 g/mol. The lowest BCUT2D eigenvalue weighted by molar-refractivity contribution is -0.203. The van der Waals surface area contributed by atoms with Crippen LogP contribution in [0.1, 0.15) is 96.2 Å². The number of benzene rings is 6. The van der Waals surface area contributed by atoms with Gasteiger partial charge in [0.1, 0.15) is 29.5 Å². The van der Waals surface area contributed by atoms with Crippen molar-refractivity contribution in [2.75, 3.05) is 64.0 Å². The number of hydrogen-bond donors (Lipinski definition) is 0. The average Bonchev–Trinajstić information content (AvgIpc) is 3.65. The Bertz CT molecular complexity index is 3180. The van der Waals surface area contributed by atoms with Crippen molar-refractivity contribution < 1.29 is 90.2 Å². The maximum absolute atomic E-state index is 13.7. The Balaban J connectivity index is 1.35. The zero-order valence-corrected chi connectivity index (χ0v) is 45.8. The van der Waals surface area contributed by atoms with Crippen LogP contribution < -0.4 is 56.8 Å². The van der Waals surface area contributed by atoms with E-state index in [0.29, 0.717) is 62.1 Å². The Labute approximate surface area is 457 Å². The minimum absolute atomic E-state index is 0.103. The molecule has 0 aromatic heterocycles. The smallest absolute Gasteiger partial charge is 0.303 e. The molecule has 79 heavy (non-hydrogen) atoms. The summed E-state index contributed by atoms with van der Waals surface area (Å²) in [6.45, 7) is 3.88. The van der Waals surface area contributed by atoms with Gasteiger partial charge in [-0.1, -0.05) is 42.5 Å². The zero-order chi connectivity index (χ0) is 56.2. The van der Waals surface area contributed by atoms with Crippen molar-refractivity contribution in [1.82, 2.24) is 0 Å². The topological polar surface area (TPSA) is 199 Å². The molecule has 0 amide bonds. The fraction of sp³-hybridized carbons (Fsp3) is 0.350. The molecule has 3 aliphatic heterocycles. The number of carbonyl (C=O) groups is 3. The summed E-state index contributed by atoms with van der Waals surface area (Å²) < 4.78 is 101. The molecular formula is C60H62O19. The predicted octanol–water partition coefficient (Wildman–Crippen LogP) is 9.89. The van der Waals surface area contributed by atoms with Crippen molar-refractivity contribution in [3.8, 4) is 69.0 Å². The lowest BCUT2D eigenvalue weighted by Crippen LogP contribution is -2.44. The van der Waals surface area contributed by atoms with Crippen LogP contribution in [-0.4, -0.2) is 100 Å². The summed E-state index contributed by atoms with van der Waals surface area (Å²) in [5.41, 5.74) is 3.33. The van der Waals surface area contributed by atoms with Crippen molar-refractivity contribution in [3.05, 3.63) is 142 Å². The van der Waals surface area contributed by atoms with Crippen LogP contribution >= 0.6 is 0 Å². The molecule has 416 valence electrons. The van der Waals surface area contributed by atoms with Gasteiger partial charge in [0.25, 0.3) is 0 Å². The summed E-state index contributed by atoms with van der Waals surface area (Å²) in [5.74, 6) is 0.960. The van der Waals surface area contributed by atoms with Gasteiger partial charge >= 0.3 is 17.9 Å². The Hall–Kier alpha value is -8.71. The monoisotopic (exact) mass is 1090 g/mol. The van der Waals surface area contributed by atoms with Gasteiger partial charge in [-0.25, -0.2) is 0 Å². The van der Waals surface area contributed by atoms with E-state index in [0.717, 1.165) is 0 Å². The van der Waals surface area contributed by atoms with Crippen molar-refractivity contribution in [2.24, 2.45) is 0 Å². The minimum Gasteiger partial charge on any atom is -0.497 e. The second kappa shape index (κ2) is 23.5. The number of carbonyl (C=O) groups excluding carboxylic acids is 3. The van der Waals surface area contributed by atoms with Crippen molar-refractivity contribution in [1.29, 1.82) is 0 Å². The Morgan fingerprint density at radius 2 is 0.709 bits per heavy atom. The predicted molar refractivity (Wildman–Crippen MR) is 283 cm³/mol. The highest BCUT2D eigenvalue weighted by Gasteiger charge is 2.53. The van der Waals surface area contributed by atoms with Gasteiger partial charge in [0.2, 0.25) is 17.2 Å². The molecule has 3 heterocycles. The Morgan fingerprint density at radius 1 is 0.354 bits per heavy atom. The molecule has 0 radical (unpaired) electrons. The third kappa shape index (κ3) is 10.4. The van der Waals surface area contributed by atoms with Gasteiger partial charge in [-0.05, 0) is 77.4 Å². The summed E-state index contributed by atoms with van der Waals surface area (Å²) in [6.07, 6.45) is -9.41. The number of methoxy groups -OCH3 is 9. The van der Waals surface area contributed by atoms with Crippen molar-refractivity contribution in [2.45, 2.75) is 75.5 Å². The Morgan fingerprint density at radius 3 is 1.09 bits per heavy atom. The number of rotatable bonds is 18. The van der Waals surface area contributed by atoms with Gasteiger partial charge in [0, 0.05) is 43.0 Å². The average molecular weight is 1090 g/mol. The number of esters is 3. The number of ether oxygens (including phenoxy) is 16. The fourth-order valence-corrected chi connectivity index (χ4v) is 10.7. The molecule has 0 N–H and O–H groups in total. The molecule has 0 aliphatic carbocycles. The van der Waals surface area contributed by atoms with Gasteiger partial charge in [0.15, 0.2) is 71.1 Å². The fourth-order valence-electron chi connectivity index (χ4n) is 10.7. The maximum Gasteiger partial charge on any atom is 0.303 e. The first kappa shape index (κ1) is 55.1. The summed E-state index contributed by atoms with van der Waals surface area (Å²) in [4.78, 5) is 40.7. The first-order valence-electron chi connectivity index (χ1n) is 25.1. The van der Waals surface area contributed by atoms with Crippen LogP contribution in [0, 0.1) is 0 Å². The second-order valence-corrected chi connectivity index (χ2v) is 18.5. The summed E-state index contributed by atoms with van der Waals surface area (Å²) in [6, 6.07) is 30.1. The maximum atomic E-state index is 13.7.